The van der Waals surface area contributed by atoms with Crippen molar-refractivity contribution in [1.29, 1.82) is 5.26 Å². The zero-order valence-electron chi connectivity index (χ0n) is 20.2. The number of carbonyl (C=O) groups excluding carboxylic acids is 1. The summed E-state index contributed by atoms with van der Waals surface area (Å²) in [5, 5.41) is 30.0. The molecule has 2 N–H and O–H groups in total. The van der Waals surface area contributed by atoms with Crippen LogP contribution in [-0.4, -0.2) is 52.4 Å². The first kappa shape index (κ1) is 25.7. The van der Waals surface area contributed by atoms with Crippen molar-refractivity contribution in [2.24, 2.45) is 11.8 Å². The van der Waals surface area contributed by atoms with Crippen molar-refractivity contribution in [3.63, 3.8) is 0 Å². The van der Waals surface area contributed by atoms with Crippen LogP contribution in [0.15, 0.2) is 30.3 Å². The molecule has 2 heterocycles. The highest BCUT2D eigenvalue weighted by Crippen LogP contribution is 2.29. The largest absolute Gasteiger partial charge is 0.490 e. The van der Waals surface area contributed by atoms with Gasteiger partial charge in [-0.25, -0.2) is 0 Å². The highest BCUT2D eigenvalue weighted by Gasteiger charge is 2.28. The maximum atomic E-state index is 12.9. The number of rotatable bonds is 6. The van der Waals surface area contributed by atoms with Crippen molar-refractivity contribution in [3.8, 4) is 11.8 Å². The van der Waals surface area contributed by atoms with Crippen LogP contribution in [0.2, 0.25) is 5.02 Å². The molecule has 3 atom stereocenters. The number of carboxylic acid groups (broad SMARTS) is 1. The number of hydrogen-bond acceptors (Lipinski definition) is 7. The van der Waals surface area contributed by atoms with E-state index in [1.54, 1.807) is 30.3 Å². The predicted octanol–water partition coefficient (Wildman–Crippen LogP) is 4.06. The van der Waals surface area contributed by atoms with E-state index in [1.165, 1.54) is 0 Å². The third kappa shape index (κ3) is 6.24. The van der Waals surface area contributed by atoms with Crippen molar-refractivity contribution >= 4 is 29.3 Å². The average Bonchev–Trinajstić information content (AvgIpc) is 3.05. The van der Waals surface area contributed by atoms with Crippen molar-refractivity contribution < 1.29 is 19.4 Å². The summed E-state index contributed by atoms with van der Waals surface area (Å²) in [6.45, 7) is 3.34. The molecular formula is C26H30ClN5O4. The third-order valence-electron chi connectivity index (χ3n) is 7.16. The summed E-state index contributed by atoms with van der Waals surface area (Å²) in [7, 11) is 0. The van der Waals surface area contributed by atoms with Crippen LogP contribution in [0.3, 0.4) is 0 Å². The number of nitrogens with zero attached hydrogens (tertiary/aromatic N) is 4. The molecule has 2 aliphatic rings. The minimum absolute atomic E-state index is 0.00250. The van der Waals surface area contributed by atoms with Gasteiger partial charge in [-0.15, -0.1) is 10.2 Å². The van der Waals surface area contributed by atoms with Crippen LogP contribution in [0.4, 0.5) is 5.82 Å². The topological polar surface area (TPSA) is 128 Å². The number of nitrogens with one attached hydrogen (secondary N) is 1. The zero-order chi connectivity index (χ0) is 25.7. The lowest BCUT2D eigenvalue weighted by Crippen LogP contribution is -2.39. The van der Waals surface area contributed by atoms with E-state index in [0.717, 1.165) is 25.7 Å². The lowest BCUT2D eigenvalue weighted by Gasteiger charge is -2.30. The fourth-order valence-electron chi connectivity index (χ4n) is 4.84. The van der Waals surface area contributed by atoms with Crippen molar-refractivity contribution in [3.05, 3.63) is 46.6 Å². The van der Waals surface area contributed by atoms with Crippen molar-refractivity contribution in [1.82, 2.24) is 15.5 Å². The van der Waals surface area contributed by atoms with Gasteiger partial charge in [-0.3, -0.25) is 9.59 Å². The van der Waals surface area contributed by atoms with Crippen LogP contribution < -0.4 is 15.0 Å². The standard InChI is InChI=1S/C26H30ClN5O4/c1-16-2-4-19(36-20-5-3-18(15-28)21(27)14-20)6-7-22(16)29-25(33)23-8-9-24(31-30-23)32-12-10-17(11-13-32)26(34)35/h3,5,8-9,14,16-17,19,22H,2,4,6-7,10-13H2,1H3,(H,29,33)(H,34,35)/t16-,19-,22-/m1/s1. The molecule has 9 nitrogen and oxygen atoms in total. The van der Waals surface area contributed by atoms with Gasteiger partial charge in [0, 0.05) is 25.2 Å². The summed E-state index contributed by atoms with van der Waals surface area (Å²) < 4.78 is 6.13. The number of nitriles is 1. The second kappa shape index (κ2) is 11.6. The number of piperidine rings is 1. The molecule has 36 heavy (non-hydrogen) atoms. The lowest BCUT2D eigenvalue weighted by molar-refractivity contribution is -0.142. The minimum atomic E-state index is -0.753. The van der Waals surface area contributed by atoms with Gasteiger partial charge >= 0.3 is 5.97 Å². The SMILES string of the molecule is C[C@@H]1CC[C@@H](Oc2ccc(C#N)c(Cl)c2)CC[C@H]1NC(=O)c1ccc(N2CCC(C(=O)O)CC2)nn1. The van der Waals surface area contributed by atoms with Gasteiger partial charge in [-0.1, -0.05) is 18.5 Å². The fourth-order valence-corrected chi connectivity index (χ4v) is 5.05. The summed E-state index contributed by atoms with van der Waals surface area (Å²) in [6, 6.07) is 10.6. The minimum Gasteiger partial charge on any atom is -0.490 e. The molecule has 190 valence electrons. The second-order valence-electron chi connectivity index (χ2n) is 9.58. The Kier molecular flexibility index (Phi) is 8.26. The number of hydrogen-bond donors (Lipinski definition) is 2. The Morgan fingerprint density at radius 2 is 1.86 bits per heavy atom. The van der Waals surface area contributed by atoms with Gasteiger partial charge < -0.3 is 20.1 Å². The predicted molar refractivity (Wildman–Crippen MR) is 134 cm³/mol. The smallest absolute Gasteiger partial charge is 0.306 e. The van der Waals surface area contributed by atoms with E-state index in [4.69, 9.17) is 26.7 Å². The number of aromatic nitrogens is 2. The Hall–Kier alpha value is -3.38. The fraction of sp³-hybridized carbons (Fsp3) is 0.500. The molecule has 1 amide bonds. The van der Waals surface area contributed by atoms with E-state index in [-0.39, 0.29) is 35.6 Å². The zero-order valence-corrected chi connectivity index (χ0v) is 20.9. The molecule has 0 unspecified atom stereocenters. The van der Waals surface area contributed by atoms with Crippen LogP contribution in [0, 0.1) is 23.2 Å². The number of benzene rings is 1. The van der Waals surface area contributed by atoms with Gasteiger partial charge in [0.05, 0.1) is 22.6 Å². The molecule has 1 saturated carbocycles. The second-order valence-corrected chi connectivity index (χ2v) is 9.99. The third-order valence-corrected chi connectivity index (χ3v) is 7.47. The molecule has 1 aliphatic carbocycles. The number of ether oxygens (including phenoxy) is 1. The molecule has 1 aromatic carbocycles. The molecule has 1 aromatic heterocycles. The number of aliphatic carboxylic acids is 1. The molecule has 1 saturated heterocycles. The summed E-state index contributed by atoms with van der Waals surface area (Å²) >= 11 is 6.13. The molecule has 0 radical (unpaired) electrons. The highest BCUT2D eigenvalue weighted by atomic mass is 35.5. The van der Waals surface area contributed by atoms with Crippen LogP contribution in [-0.2, 0) is 4.79 Å². The first-order chi connectivity index (χ1) is 17.3. The summed E-state index contributed by atoms with van der Waals surface area (Å²) in [6.07, 6.45) is 4.45. The Balaban J connectivity index is 1.30. The van der Waals surface area contributed by atoms with Crippen LogP contribution in [0.25, 0.3) is 0 Å². The van der Waals surface area contributed by atoms with Gasteiger partial charge in [-0.2, -0.15) is 5.26 Å². The molecule has 1 aliphatic heterocycles. The normalized spacial score (nSPS) is 22.8. The van der Waals surface area contributed by atoms with E-state index >= 15 is 0 Å². The lowest BCUT2D eigenvalue weighted by atomic mass is 9.97. The van der Waals surface area contributed by atoms with E-state index in [2.05, 4.69) is 22.4 Å². The average molecular weight is 512 g/mol. The molecule has 2 fully saturated rings. The molecule has 10 heteroatoms. The van der Waals surface area contributed by atoms with Crippen LogP contribution >= 0.6 is 11.6 Å². The number of amides is 1. The molecule has 0 bridgehead atoms. The highest BCUT2D eigenvalue weighted by molar-refractivity contribution is 6.31. The van der Waals surface area contributed by atoms with Crippen LogP contribution in [0.5, 0.6) is 5.75 Å². The van der Waals surface area contributed by atoms with E-state index in [9.17, 15) is 9.59 Å². The maximum absolute atomic E-state index is 12.9. The number of halogens is 1. The summed E-state index contributed by atoms with van der Waals surface area (Å²) in [5.74, 6) is 0.246. The van der Waals surface area contributed by atoms with Crippen molar-refractivity contribution in [2.75, 3.05) is 18.0 Å². The molecule has 0 spiro atoms. The van der Waals surface area contributed by atoms with E-state index < -0.39 is 5.97 Å². The Bertz CT molecular complexity index is 1130. The van der Waals surface area contributed by atoms with E-state index in [0.29, 0.717) is 48.1 Å². The Morgan fingerprint density at radius 1 is 1.11 bits per heavy atom. The Morgan fingerprint density at radius 3 is 2.50 bits per heavy atom. The molecule has 4 rings (SSSR count). The van der Waals surface area contributed by atoms with Gasteiger partial charge in [0.15, 0.2) is 11.5 Å². The quantitative estimate of drug-likeness (QED) is 0.555. The first-order valence-corrected chi connectivity index (χ1v) is 12.7. The molecular weight excluding hydrogens is 482 g/mol. The number of anilines is 1. The first-order valence-electron chi connectivity index (χ1n) is 12.3. The summed E-state index contributed by atoms with van der Waals surface area (Å²) in [5.41, 5.74) is 0.677. The number of carbonyl (C=O) groups is 2. The number of carboxylic acids is 1. The van der Waals surface area contributed by atoms with Gasteiger partial charge in [-0.05, 0) is 68.7 Å². The van der Waals surface area contributed by atoms with Crippen LogP contribution in [0.1, 0.15) is 61.5 Å². The van der Waals surface area contributed by atoms with E-state index in [1.807, 2.05) is 11.0 Å². The monoisotopic (exact) mass is 511 g/mol. The summed E-state index contributed by atoms with van der Waals surface area (Å²) in [4.78, 5) is 26.0. The maximum Gasteiger partial charge on any atom is 0.306 e. The Labute approximate surface area is 215 Å². The van der Waals surface area contributed by atoms with Gasteiger partial charge in [0.2, 0.25) is 0 Å². The van der Waals surface area contributed by atoms with Gasteiger partial charge in [0.25, 0.3) is 5.91 Å². The molecule has 2 aromatic rings. The van der Waals surface area contributed by atoms with Crippen molar-refractivity contribution in [2.45, 2.75) is 57.6 Å². The van der Waals surface area contributed by atoms with Gasteiger partial charge in [0.1, 0.15) is 11.8 Å².